The van der Waals surface area contributed by atoms with Crippen LogP contribution in [-0.2, 0) is 11.2 Å². The fraction of sp³-hybridized carbons (Fsp3) is 0.125. The predicted molar refractivity (Wildman–Crippen MR) is 115 cm³/mol. The van der Waals surface area contributed by atoms with Gasteiger partial charge in [0.05, 0.1) is 5.56 Å². The van der Waals surface area contributed by atoms with E-state index >= 15 is 0 Å². The van der Waals surface area contributed by atoms with Crippen molar-refractivity contribution in [2.75, 3.05) is 11.9 Å². The Kier molecular flexibility index (Phi) is 5.85. The van der Waals surface area contributed by atoms with Crippen LogP contribution in [0.4, 0.5) is 5.69 Å². The van der Waals surface area contributed by atoms with Crippen molar-refractivity contribution < 1.29 is 14.1 Å². The Hall–Kier alpha value is -3.93. The molecule has 150 valence electrons. The van der Waals surface area contributed by atoms with Crippen molar-refractivity contribution in [3.63, 3.8) is 0 Å². The molecular formula is C24H21N3O3. The van der Waals surface area contributed by atoms with E-state index in [1.165, 1.54) is 0 Å². The van der Waals surface area contributed by atoms with Crippen LogP contribution in [0.5, 0.6) is 5.75 Å². The second kappa shape index (κ2) is 9.05. The van der Waals surface area contributed by atoms with Gasteiger partial charge in [-0.2, -0.15) is 4.98 Å². The summed E-state index contributed by atoms with van der Waals surface area (Å²) in [6.45, 7) is 1.92. The second-order valence-corrected chi connectivity index (χ2v) is 6.63. The number of nitrogens with zero attached hydrogens (tertiary/aromatic N) is 2. The quantitative estimate of drug-likeness (QED) is 0.474. The number of carbonyl (C=O) groups excluding carboxylic acids is 1. The monoisotopic (exact) mass is 399 g/mol. The van der Waals surface area contributed by atoms with Gasteiger partial charge in [0.1, 0.15) is 5.75 Å². The normalized spacial score (nSPS) is 10.6. The summed E-state index contributed by atoms with van der Waals surface area (Å²) >= 11 is 0. The number of hydrogen-bond acceptors (Lipinski definition) is 5. The summed E-state index contributed by atoms with van der Waals surface area (Å²) in [7, 11) is 0. The van der Waals surface area contributed by atoms with E-state index in [0.29, 0.717) is 23.0 Å². The minimum Gasteiger partial charge on any atom is -0.483 e. The van der Waals surface area contributed by atoms with Crippen molar-refractivity contribution in [2.45, 2.75) is 13.3 Å². The number of benzene rings is 3. The number of rotatable bonds is 7. The van der Waals surface area contributed by atoms with Crippen LogP contribution in [0.2, 0.25) is 0 Å². The van der Waals surface area contributed by atoms with Crippen molar-refractivity contribution in [1.82, 2.24) is 10.1 Å². The lowest BCUT2D eigenvalue weighted by Crippen LogP contribution is -2.21. The molecule has 1 N–H and O–H groups in total. The number of hydrogen-bond donors (Lipinski definition) is 1. The molecule has 3 aromatic carbocycles. The first-order chi connectivity index (χ1) is 14.7. The van der Waals surface area contributed by atoms with E-state index in [1.54, 1.807) is 6.07 Å². The number of aromatic nitrogens is 2. The summed E-state index contributed by atoms with van der Waals surface area (Å²) in [4.78, 5) is 16.9. The van der Waals surface area contributed by atoms with Crippen LogP contribution in [0.1, 0.15) is 12.5 Å². The maximum atomic E-state index is 12.4. The number of aryl methyl sites for hydroxylation is 1. The molecule has 0 fully saturated rings. The number of nitrogens with one attached hydrogen (secondary N) is 1. The highest BCUT2D eigenvalue weighted by atomic mass is 16.5. The number of anilines is 1. The molecular weight excluding hydrogens is 378 g/mol. The Balaban J connectivity index is 1.48. The molecule has 0 radical (unpaired) electrons. The standard InChI is InChI=1S/C24H21N3O3/c1-2-17-10-6-8-14-20(17)25-22(28)16-29-21-15-9-7-13-19(21)24-26-23(27-30-24)18-11-4-3-5-12-18/h3-15H,2,16H2,1H3,(H,25,28). The summed E-state index contributed by atoms with van der Waals surface area (Å²) in [6, 6.07) is 24.6. The molecule has 0 atom stereocenters. The van der Waals surface area contributed by atoms with Crippen LogP contribution in [0.25, 0.3) is 22.8 Å². The Morgan fingerprint density at radius 3 is 2.53 bits per heavy atom. The first-order valence-corrected chi connectivity index (χ1v) is 9.73. The van der Waals surface area contributed by atoms with E-state index in [-0.39, 0.29) is 12.5 Å². The van der Waals surface area contributed by atoms with E-state index in [0.717, 1.165) is 23.2 Å². The first kappa shape index (κ1) is 19.4. The van der Waals surface area contributed by atoms with Gasteiger partial charge in [-0.1, -0.05) is 72.7 Å². The second-order valence-electron chi connectivity index (χ2n) is 6.63. The zero-order valence-corrected chi connectivity index (χ0v) is 16.5. The largest absolute Gasteiger partial charge is 0.483 e. The van der Waals surface area contributed by atoms with E-state index in [9.17, 15) is 4.79 Å². The highest BCUT2D eigenvalue weighted by Gasteiger charge is 2.16. The third-order valence-corrected chi connectivity index (χ3v) is 4.61. The van der Waals surface area contributed by atoms with Gasteiger partial charge >= 0.3 is 0 Å². The van der Waals surface area contributed by atoms with Crippen molar-refractivity contribution in [1.29, 1.82) is 0 Å². The maximum absolute atomic E-state index is 12.4. The minimum absolute atomic E-state index is 0.130. The van der Waals surface area contributed by atoms with Crippen LogP contribution in [0.15, 0.2) is 83.4 Å². The summed E-state index contributed by atoms with van der Waals surface area (Å²) < 4.78 is 11.2. The summed E-state index contributed by atoms with van der Waals surface area (Å²) in [5.41, 5.74) is 3.37. The molecule has 4 rings (SSSR count). The lowest BCUT2D eigenvalue weighted by molar-refractivity contribution is -0.118. The lowest BCUT2D eigenvalue weighted by atomic mass is 10.1. The van der Waals surface area contributed by atoms with Crippen molar-refractivity contribution >= 4 is 11.6 Å². The molecule has 0 saturated carbocycles. The molecule has 4 aromatic rings. The van der Waals surface area contributed by atoms with E-state index in [2.05, 4.69) is 15.5 Å². The molecule has 6 heteroatoms. The lowest BCUT2D eigenvalue weighted by Gasteiger charge is -2.11. The fourth-order valence-electron chi connectivity index (χ4n) is 3.09. The van der Waals surface area contributed by atoms with Gasteiger partial charge in [0.2, 0.25) is 5.82 Å². The van der Waals surface area contributed by atoms with Crippen molar-refractivity contribution in [3.05, 3.63) is 84.4 Å². The minimum atomic E-state index is -0.235. The Labute approximate surface area is 174 Å². The van der Waals surface area contributed by atoms with E-state index < -0.39 is 0 Å². The highest BCUT2D eigenvalue weighted by molar-refractivity contribution is 5.92. The molecule has 0 aliphatic heterocycles. The Morgan fingerprint density at radius 1 is 0.967 bits per heavy atom. The SMILES string of the molecule is CCc1ccccc1NC(=O)COc1ccccc1-c1nc(-c2ccccc2)no1. The molecule has 1 amide bonds. The highest BCUT2D eigenvalue weighted by Crippen LogP contribution is 2.30. The van der Waals surface area contributed by atoms with Crippen LogP contribution < -0.4 is 10.1 Å². The van der Waals surface area contributed by atoms with Gasteiger partial charge in [-0.3, -0.25) is 4.79 Å². The molecule has 0 aliphatic rings. The summed E-state index contributed by atoms with van der Waals surface area (Å²) in [6.07, 6.45) is 0.834. The van der Waals surface area contributed by atoms with Gasteiger partial charge in [0, 0.05) is 11.3 Å². The van der Waals surface area contributed by atoms with Crippen molar-refractivity contribution in [2.24, 2.45) is 0 Å². The van der Waals surface area contributed by atoms with Gasteiger partial charge in [0.25, 0.3) is 11.8 Å². The van der Waals surface area contributed by atoms with E-state index in [4.69, 9.17) is 9.26 Å². The van der Waals surface area contributed by atoms with Gasteiger partial charge in [-0.05, 0) is 30.2 Å². The number of ether oxygens (including phenoxy) is 1. The Morgan fingerprint density at radius 2 is 1.70 bits per heavy atom. The molecule has 1 aromatic heterocycles. The summed E-state index contributed by atoms with van der Waals surface area (Å²) in [5.74, 6) is 1.09. The van der Waals surface area contributed by atoms with Crippen molar-refractivity contribution in [3.8, 4) is 28.6 Å². The van der Waals surface area contributed by atoms with Crippen LogP contribution in [0.3, 0.4) is 0 Å². The van der Waals surface area contributed by atoms with Gasteiger partial charge in [-0.25, -0.2) is 0 Å². The summed E-state index contributed by atoms with van der Waals surface area (Å²) in [5, 5.41) is 6.95. The Bertz CT molecular complexity index is 1140. The number of amides is 1. The zero-order chi connectivity index (χ0) is 20.8. The molecule has 0 aliphatic carbocycles. The molecule has 0 spiro atoms. The molecule has 30 heavy (non-hydrogen) atoms. The molecule has 0 saturated heterocycles. The van der Waals surface area contributed by atoms with Crippen LogP contribution in [-0.4, -0.2) is 22.7 Å². The van der Waals surface area contributed by atoms with Gasteiger partial charge in [0.15, 0.2) is 6.61 Å². The number of para-hydroxylation sites is 2. The third-order valence-electron chi connectivity index (χ3n) is 4.61. The average molecular weight is 399 g/mol. The average Bonchev–Trinajstić information content (AvgIpc) is 3.29. The topological polar surface area (TPSA) is 77.2 Å². The molecule has 0 unspecified atom stereocenters. The van der Waals surface area contributed by atoms with Gasteiger partial charge < -0.3 is 14.6 Å². The maximum Gasteiger partial charge on any atom is 0.262 e. The molecule has 6 nitrogen and oxygen atoms in total. The van der Waals surface area contributed by atoms with E-state index in [1.807, 2.05) is 79.7 Å². The van der Waals surface area contributed by atoms with Gasteiger partial charge in [-0.15, -0.1) is 0 Å². The third kappa shape index (κ3) is 4.38. The zero-order valence-electron chi connectivity index (χ0n) is 16.5. The first-order valence-electron chi connectivity index (χ1n) is 9.73. The molecule has 0 bridgehead atoms. The van der Waals surface area contributed by atoms with Crippen LogP contribution >= 0.6 is 0 Å². The smallest absolute Gasteiger partial charge is 0.262 e. The fourth-order valence-corrected chi connectivity index (χ4v) is 3.09. The van der Waals surface area contributed by atoms with Crippen LogP contribution in [0, 0.1) is 0 Å². The predicted octanol–water partition coefficient (Wildman–Crippen LogP) is 4.98. The number of carbonyl (C=O) groups is 1. The molecule has 1 heterocycles.